The summed E-state index contributed by atoms with van der Waals surface area (Å²) in [6, 6.07) is 5.81. The van der Waals surface area contributed by atoms with Crippen LogP contribution in [0.1, 0.15) is 15.9 Å². The minimum Gasteiger partial charge on any atom is -0.399 e. The minimum absolute atomic E-state index is 0.00978. The average molecular weight is 305 g/mol. The molecule has 0 unspecified atom stereocenters. The molecule has 0 aliphatic carbocycles. The zero-order valence-electron chi connectivity index (χ0n) is 11.6. The highest BCUT2D eigenvalue weighted by Gasteiger charge is 2.14. The SMILES string of the molecule is Cc1ccncc1NC(=O)c1cc(N)cc(S(C)(=O)=O)c1. The molecule has 1 aromatic heterocycles. The lowest BCUT2D eigenvalue weighted by Crippen LogP contribution is -2.14. The highest BCUT2D eigenvalue weighted by molar-refractivity contribution is 7.90. The molecular formula is C14H15N3O3S. The summed E-state index contributed by atoms with van der Waals surface area (Å²) in [6.07, 6.45) is 4.21. The molecule has 0 saturated carbocycles. The molecule has 3 N–H and O–H groups in total. The van der Waals surface area contributed by atoms with Crippen molar-refractivity contribution in [3.63, 3.8) is 0 Å². The molecule has 1 amide bonds. The molecule has 1 heterocycles. The number of nitrogens with two attached hydrogens (primary N) is 1. The quantitative estimate of drug-likeness (QED) is 0.839. The van der Waals surface area contributed by atoms with Crippen LogP contribution in [0.15, 0.2) is 41.6 Å². The third-order valence-corrected chi connectivity index (χ3v) is 4.00. The molecule has 0 saturated heterocycles. The number of nitrogens with one attached hydrogen (secondary N) is 1. The number of rotatable bonds is 3. The fourth-order valence-electron chi connectivity index (χ4n) is 1.76. The Morgan fingerprint density at radius 3 is 2.62 bits per heavy atom. The maximum atomic E-state index is 12.2. The molecule has 2 rings (SSSR count). The molecule has 0 bridgehead atoms. The topological polar surface area (TPSA) is 102 Å². The van der Waals surface area contributed by atoms with Gasteiger partial charge in [0.15, 0.2) is 9.84 Å². The normalized spacial score (nSPS) is 11.1. The molecule has 110 valence electrons. The van der Waals surface area contributed by atoms with Crippen LogP contribution in [0.2, 0.25) is 0 Å². The van der Waals surface area contributed by atoms with Gasteiger partial charge in [0.25, 0.3) is 5.91 Å². The van der Waals surface area contributed by atoms with Crippen LogP contribution in [0.25, 0.3) is 0 Å². The number of hydrogen-bond acceptors (Lipinski definition) is 5. The van der Waals surface area contributed by atoms with Gasteiger partial charge >= 0.3 is 0 Å². The Kier molecular flexibility index (Phi) is 3.95. The number of anilines is 2. The Balaban J connectivity index is 2.36. The van der Waals surface area contributed by atoms with Crippen molar-refractivity contribution in [2.24, 2.45) is 0 Å². The van der Waals surface area contributed by atoms with Crippen molar-refractivity contribution < 1.29 is 13.2 Å². The molecule has 21 heavy (non-hydrogen) atoms. The first-order valence-corrected chi connectivity index (χ1v) is 7.99. The summed E-state index contributed by atoms with van der Waals surface area (Å²) in [6.45, 7) is 1.83. The average Bonchev–Trinajstić information content (AvgIpc) is 2.39. The van der Waals surface area contributed by atoms with Crippen molar-refractivity contribution in [3.8, 4) is 0 Å². The Morgan fingerprint density at radius 2 is 2.00 bits per heavy atom. The molecule has 7 heteroatoms. The first kappa shape index (κ1) is 15.0. The number of hydrogen-bond donors (Lipinski definition) is 2. The van der Waals surface area contributed by atoms with Crippen molar-refractivity contribution in [1.82, 2.24) is 4.98 Å². The molecule has 0 aliphatic rings. The lowest BCUT2D eigenvalue weighted by Gasteiger charge is -2.09. The predicted octanol–water partition coefficient (Wildman–Crippen LogP) is 1.63. The molecule has 0 atom stereocenters. The second kappa shape index (κ2) is 5.53. The van der Waals surface area contributed by atoms with E-state index in [-0.39, 0.29) is 16.1 Å². The van der Waals surface area contributed by atoms with Gasteiger partial charge in [-0.1, -0.05) is 0 Å². The maximum Gasteiger partial charge on any atom is 0.255 e. The summed E-state index contributed by atoms with van der Waals surface area (Å²) >= 11 is 0. The molecule has 0 aliphatic heterocycles. The van der Waals surface area contributed by atoms with E-state index in [9.17, 15) is 13.2 Å². The number of nitrogens with zero attached hydrogens (tertiary/aromatic N) is 1. The molecular weight excluding hydrogens is 290 g/mol. The summed E-state index contributed by atoms with van der Waals surface area (Å²) in [5, 5.41) is 2.68. The Labute approximate surface area is 122 Å². The van der Waals surface area contributed by atoms with E-state index in [0.717, 1.165) is 11.8 Å². The highest BCUT2D eigenvalue weighted by atomic mass is 32.2. The smallest absolute Gasteiger partial charge is 0.255 e. The van der Waals surface area contributed by atoms with Crippen LogP contribution in [0, 0.1) is 6.92 Å². The zero-order chi connectivity index (χ0) is 15.6. The third-order valence-electron chi connectivity index (χ3n) is 2.91. The highest BCUT2D eigenvalue weighted by Crippen LogP contribution is 2.19. The Morgan fingerprint density at radius 1 is 1.29 bits per heavy atom. The number of nitrogen functional groups attached to an aromatic ring is 1. The molecule has 0 spiro atoms. The van der Waals surface area contributed by atoms with Gasteiger partial charge in [0.1, 0.15) is 0 Å². The van der Waals surface area contributed by atoms with Crippen LogP contribution < -0.4 is 11.1 Å². The largest absolute Gasteiger partial charge is 0.399 e. The van der Waals surface area contributed by atoms with Crippen LogP contribution in [0.4, 0.5) is 11.4 Å². The number of benzene rings is 1. The number of carbonyl (C=O) groups is 1. The van der Waals surface area contributed by atoms with Gasteiger partial charge in [-0.25, -0.2) is 8.42 Å². The first-order valence-electron chi connectivity index (χ1n) is 6.10. The number of aromatic nitrogens is 1. The molecule has 0 fully saturated rings. The standard InChI is InChI=1S/C14H15N3O3S/c1-9-3-4-16-8-13(9)17-14(18)10-5-11(15)7-12(6-10)21(2,19)20/h3-8H,15H2,1-2H3,(H,17,18). The van der Waals surface area contributed by atoms with Gasteiger partial charge in [-0.3, -0.25) is 9.78 Å². The van der Waals surface area contributed by atoms with E-state index < -0.39 is 15.7 Å². The molecule has 1 aromatic carbocycles. The number of carbonyl (C=O) groups excluding carboxylic acids is 1. The van der Waals surface area contributed by atoms with E-state index in [1.54, 1.807) is 12.3 Å². The van der Waals surface area contributed by atoms with Gasteiger partial charge in [0.05, 0.1) is 16.8 Å². The maximum absolute atomic E-state index is 12.2. The molecule has 0 radical (unpaired) electrons. The van der Waals surface area contributed by atoms with Crippen LogP contribution >= 0.6 is 0 Å². The third kappa shape index (κ3) is 3.57. The summed E-state index contributed by atoms with van der Waals surface area (Å²) < 4.78 is 23.2. The van der Waals surface area contributed by atoms with E-state index in [1.165, 1.54) is 24.4 Å². The minimum atomic E-state index is -3.43. The number of aryl methyl sites for hydroxylation is 1. The second-order valence-electron chi connectivity index (χ2n) is 4.71. The second-order valence-corrected chi connectivity index (χ2v) is 6.72. The summed E-state index contributed by atoms with van der Waals surface area (Å²) in [5.41, 5.74) is 7.47. The Hall–Kier alpha value is -2.41. The fourth-order valence-corrected chi connectivity index (χ4v) is 2.45. The van der Waals surface area contributed by atoms with Crippen molar-refractivity contribution >= 4 is 27.1 Å². The van der Waals surface area contributed by atoms with E-state index in [0.29, 0.717) is 5.69 Å². The molecule has 6 nitrogen and oxygen atoms in total. The number of amides is 1. The zero-order valence-corrected chi connectivity index (χ0v) is 12.4. The number of sulfone groups is 1. The molecule has 2 aromatic rings. The van der Waals surface area contributed by atoms with Crippen molar-refractivity contribution in [3.05, 3.63) is 47.8 Å². The van der Waals surface area contributed by atoms with Crippen LogP contribution in [-0.2, 0) is 9.84 Å². The Bertz CT molecular complexity index is 801. The van der Waals surface area contributed by atoms with Crippen LogP contribution in [0.5, 0.6) is 0 Å². The van der Waals surface area contributed by atoms with Gasteiger partial charge in [-0.05, 0) is 36.8 Å². The van der Waals surface area contributed by atoms with E-state index >= 15 is 0 Å². The fraction of sp³-hybridized carbons (Fsp3) is 0.143. The summed E-state index contributed by atoms with van der Waals surface area (Å²) in [7, 11) is -3.43. The van der Waals surface area contributed by atoms with Gasteiger partial charge in [0, 0.05) is 23.7 Å². The lowest BCUT2D eigenvalue weighted by atomic mass is 10.1. The summed E-state index contributed by atoms with van der Waals surface area (Å²) in [4.78, 5) is 16.1. The summed E-state index contributed by atoms with van der Waals surface area (Å²) in [5.74, 6) is -0.441. The van der Waals surface area contributed by atoms with Gasteiger partial charge in [-0.2, -0.15) is 0 Å². The van der Waals surface area contributed by atoms with Gasteiger partial charge < -0.3 is 11.1 Å². The van der Waals surface area contributed by atoms with Crippen molar-refractivity contribution in [2.75, 3.05) is 17.3 Å². The van der Waals surface area contributed by atoms with Crippen LogP contribution in [0.3, 0.4) is 0 Å². The van der Waals surface area contributed by atoms with E-state index in [2.05, 4.69) is 10.3 Å². The van der Waals surface area contributed by atoms with Crippen molar-refractivity contribution in [2.45, 2.75) is 11.8 Å². The predicted molar refractivity (Wildman–Crippen MR) is 80.9 cm³/mol. The van der Waals surface area contributed by atoms with Gasteiger partial charge in [0.2, 0.25) is 0 Å². The van der Waals surface area contributed by atoms with Crippen molar-refractivity contribution in [1.29, 1.82) is 0 Å². The van der Waals surface area contributed by atoms with E-state index in [1.807, 2.05) is 6.92 Å². The lowest BCUT2D eigenvalue weighted by molar-refractivity contribution is 0.102. The number of pyridine rings is 1. The monoisotopic (exact) mass is 305 g/mol. The van der Waals surface area contributed by atoms with E-state index in [4.69, 9.17) is 5.73 Å². The van der Waals surface area contributed by atoms with Crippen LogP contribution in [-0.4, -0.2) is 25.6 Å². The van der Waals surface area contributed by atoms with Gasteiger partial charge in [-0.15, -0.1) is 0 Å². The first-order chi connectivity index (χ1) is 9.77.